The van der Waals surface area contributed by atoms with Gasteiger partial charge in [-0.3, -0.25) is 0 Å². The summed E-state index contributed by atoms with van der Waals surface area (Å²) in [5.74, 6) is 0.415. The molecular weight excluding hydrogens is 256 g/mol. The Morgan fingerprint density at radius 1 is 0.905 bits per heavy atom. The number of nitrogens with zero attached hydrogens (tertiary/aromatic N) is 2. The highest BCUT2D eigenvalue weighted by Crippen LogP contribution is 2.27. The zero-order valence-corrected chi connectivity index (χ0v) is 12.7. The Balaban J connectivity index is 2.19. The lowest BCUT2D eigenvalue weighted by Gasteiger charge is -2.08. The first-order valence-electron chi connectivity index (χ1n) is 7.37. The second-order valence-electron chi connectivity index (χ2n) is 5.73. The summed E-state index contributed by atoms with van der Waals surface area (Å²) in [6, 6.07) is 21.1. The van der Waals surface area contributed by atoms with Gasteiger partial charge in [-0.25, -0.2) is 4.68 Å². The highest BCUT2D eigenvalue weighted by molar-refractivity contribution is 5.63. The van der Waals surface area contributed by atoms with Gasteiger partial charge >= 0.3 is 0 Å². The van der Waals surface area contributed by atoms with Gasteiger partial charge in [-0.15, -0.1) is 0 Å². The molecule has 106 valence electrons. The number of hydrogen-bond acceptors (Lipinski definition) is 1. The van der Waals surface area contributed by atoms with Crippen molar-refractivity contribution in [1.82, 2.24) is 9.78 Å². The van der Waals surface area contributed by atoms with Crippen molar-refractivity contribution in [3.05, 3.63) is 71.9 Å². The monoisotopic (exact) mass is 276 g/mol. The van der Waals surface area contributed by atoms with Gasteiger partial charge in [0.1, 0.15) is 0 Å². The van der Waals surface area contributed by atoms with E-state index >= 15 is 0 Å². The highest BCUT2D eigenvalue weighted by atomic mass is 15.3. The molecule has 0 bridgehead atoms. The summed E-state index contributed by atoms with van der Waals surface area (Å²) in [7, 11) is 0. The van der Waals surface area contributed by atoms with Gasteiger partial charge < -0.3 is 0 Å². The van der Waals surface area contributed by atoms with E-state index in [1.54, 1.807) is 0 Å². The van der Waals surface area contributed by atoms with E-state index in [-0.39, 0.29) is 0 Å². The minimum absolute atomic E-state index is 0.415. The van der Waals surface area contributed by atoms with E-state index in [0.717, 1.165) is 17.1 Å². The van der Waals surface area contributed by atoms with Gasteiger partial charge in [-0.05, 0) is 36.6 Å². The molecule has 0 unspecified atom stereocenters. The predicted molar refractivity (Wildman–Crippen MR) is 87.8 cm³/mol. The van der Waals surface area contributed by atoms with E-state index in [1.165, 1.54) is 11.1 Å². The van der Waals surface area contributed by atoms with Crippen molar-refractivity contribution in [3.63, 3.8) is 0 Å². The molecule has 21 heavy (non-hydrogen) atoms. The van der Waals surface area contributed by atoms with Crippen molar-refractivity contribution in [2.75, 3.05) is 0 Å². The number of aromatic nitrogens is 2. The highest BCUT2D eigenvalue weighted by Gasteiger charge is 2.13. The van der Waals surface area contributed by atoms with Crippen molar-refractivity contribution in [2.45, 2.75) is 26.7 Å². The van der Waals surface area contributed by atoms with Crippen LogP contribution in [0.2, 0.25) is 0 Å². The Morgan fingerprint density at radius 3 is 2.33 bits per heavy atom. The summed E-state index contributed by atoms with van der Waals surface area (Å²) in [6.45, 7) is 6.47. The second-order valence-corrected chi connectivity index (χ2v) is 5.73. The topological polar surface area (TPSA) is 17.8 Å². The summed E-state index contributed by atoms with van der Waals surface area (Å²) < 4.78 is 2.05. The molecule has 0 amide bonds. The largest absolute Gasteiger partial charge is 0.233 e. The maximum absolute atomic E-state index is 4.81. The molecule has 3 rings (SSSR count). The Labute approximate surface area is 126 Å². The molecule has 0 radical (unpaired) electrons. The summed E-state index contributed by atoms with van der Waals surface area (Å²) in [5.41, 5.74) is 5.81. The van der Waals surface area contributed by atoms with Crippen LogP contribution >= 0.6 is 0 Å². The van der Waals surface area contributed by atoms with Crippen LogP contribution in [-0.2, 0) is 0 Å². The van der Waals surface area contributed by atoms with Crippen molar-refractivity contribution < 1.29 is 0 Å². The third kappa shape index (κ3) is 2.75. The average molecular weight is 276 g/mol. The van der Waals surface area contributed by atoms with Gasteiger partial charge in [-0.1, -0.05) is 56.3 Å². The minimum atomic E-state index is 0.415. The van der Waals surface area contributed by atoms with Crippen LogP contribution in [0.3, 0.4) is 0 Å². The lowest BCUT2D eigenvalue weighted by atomic mass is 10.1. The fourth-order valence-corrected chi connectivity index (χ4v) is 2.45. The molecular formula is C19H20N2. The molecule has 2 heteroatoms. The lowest BCUT2D eigenvalue weighted by molar-refractivity contribution is 0.770. The van der Waals surface area contributed by atoms with Crippen LogP contribution in [0.4, 0.5) is 0 Å². The Morgan fingerprint density at radius 2 is 1.67 bits per heavy atom. The fraction of sp³-hybridized carbons (Fsp3) is 0.211. The number of hydrogen-bond donors (Lipinski definition) is 0. The quantitative estimate of drug-likeness (QED) is 0.660. The van der Waals surface area contributed by atoms with E-state index in [2.05, 4.69) is 80.1 Å². The van der Waals surface area contributed by atoms with E-state index in [1.807, 2.05) is 6.07 Å². The van der Waals surface area contributed by atoms with Gasteiger partial charge in [0.05, 0.1) is 17.1 Å². The van der Waals surface area contributed by atoms with Crippen LogP contribution in [-0.4, -0.2) is 9.78 Å². The molecule has 2 nitrogen and oxygen atoms in total. The zero-order valence-electron chi connectivity index (χ0n) is 12.7. The second kappa shape index (κ2) is 5.57. The molecule has 0 aliphatic rings. The summed E-state index contributed by atoms with van der Waals surface area (Å²) in [6.07, 6.45) is 0. The molecule has 0 saturated carbocycles. The first-order chi connectivity index (χ1) is 10.1. The third-order valence-corrected chi connectivity index (χ3v) is 3.64. The maximum Gasteiger partial charge on any atom is 0.0743 e. The van der Waals surface area contributed by atoms with Crippen LogP contribution in [0.1, 0.15) is 31.0 Å². The molecule has 0 aliphatic carbocycles. The zero-order chi connectivity index (χ0) is 14.8. The van der Waals surface area contributed by atoms with Gasteiger partial charge in [0.2, 0.25) is 0 Å². The van der Waals surface area contributed by atoms with Gasteiger partial charge in [0.25, 0.3) is 0 Å². The van der Waals surface area contributed by atoms with Crippen LogP contribution in [0, 0.1) is 6.92 Å². The van der Waals surface area contributed by atoms with Crippen LogP contribution in [0.25, 0.3) is 16.9 Å². The van der Waals surface area contributed by atoms with E-state index < -0.39 is 0 Å². The number of rotatable bonds is 3. The Kier molecular flexibility index (Phi) is 3.61. The fourth-order valence-electron chi connectivity index (χ4n) is 2.45. The van der Waals surface area contributed by atoms with Gasteiger partial charge in [0.15, 0.2) is 0 Å². The van der Waals surface area contributed by atoms with Crippen molar-refractivity contribution in [3.8, 4) is 16.9 Å². The SMILES string of the molecule is Cc1cccc(-n2nc(C(C)C)cc2-c2ccccc2)c1. The first-order valence-corrected chi connectivity index (χ1v) is 7.37. The molecule has 0 saturated heterocycles. The van der Waals surface area contributed by atoms with Crippen molar-refractivity contribution >= 4 is 0 Å². The minimum Gasteiger partial charge on any atom is -0.233 e. The molecule has 0 fully saturated rings. The number of aryl methyl sites for hydroxylation is 1. The molecule has 3 aromatic rings. The molecule has 0 atom stereocenters. The summed E-state index contributed by atoms with van der Waals surface area (Å²) >= 11 is 0. The van der Waals surface area contributed by atoms with Crippen LogP contribution in [0.15, 0.2) is 60.7 Å². The molecule has 0 spiro atoms. The molecule has 1 aromatic heterocycles. The Hall–Kier alpha value is -2.35. The van der Waals surface area contributed by atoms with Crippen LogP contribution in [0.5, 0.6) is 0 Å². The Bertz CT molecular complexity index is 739. The number of benzene rings is 2. The van der Waals surface area contributed by atoms with Gasteiger partial charge in [-0.2, -0.15) is 5.10 Å². The van der Waals surface area contributed by atoms with E-state index in [0.29, 0.717) is 5.92 Å². The normalized spacial score (nSPS) is 11.0. The van der Waals surface area contributed by atoms with Crippen molar-refractivity contribution in [1.29, 1.82) is 0 Å². The summed E-state index contributed by atoms with van der Waals surface area (Å²) in [5, 5.41) is 4.81. The first kappa shape index (κ1) is 13.6. The standard InChI is InChI=1S/C19H20N2/c1-14(2)18-13-19(16-9-5-4-6-10-16)21(20-18)17-11-7-8-15(3)12-17/h4-14H,1-3H3. The third-order valence-electron chi connectivity index (χ3n) is 3.64. The molecule has 0 aliphatic heterocycles. The van der Waals surface area contributed by atoms with E-state index in [4.69, 9.17) is 5.10 Å². The average Bonchev–Trinajstić information content (AvgIpc) is 2.93. The molecule has 1 heterocycles. The predicted octanol–water partition coefficient (Wildman–Crippen LogP) is 4.97. The van der Waals surface area contributed by atoms with Gasteiger partial charge in [0, 0.05) is 5.56 Å². The molecule has 0 N–H and O–H groups in total. The van der Waals surface area contributed by atoms with Crippen LogP contribution < -0.4 is 0 Å². The maximum atomic E-state index is 4.81. The summed E-state index contributed by atoms with van der Waals surface area (Å²) in [4.78, 5) is 0. The smallest absolute Gasteiger partial charge is 0.0743 e. The lowest BCUT2D eigenvalue weighted by Crippen LogP contribution is -2.00. The van der Waals surface area contributed by atoms with E-state index in [9.17, 15) is 0 Å². The van der Waals surface area contributed by atoms with Crippen molar-refractivity contribution in [2.24, 2.45) is 0 Å². The molecule has 2 aromatic carbocycles.